The van der Waals surface area contributed by atoms with Crippen molar-refractivity contribution in [3.05, 3.63) is 29.6 Å². The lowest BCUT2D eigenvalue weighted by atomic mass is 9.90. The van der Waals surface area contributed by atoms with Crippen molar-refractivity contribution in [2.45, 2.75) is 96.4 Å². The van der Waals surface area contributed by atoms with Crippen LogP contribution >= 0.6 is 10.0 Å². The quantitative estimate of drug-likeness (QED) is 0.165. The Morgan fingerprint density at radius 2 is 1.81 bits per heavy atom. The Kier molecular flexibility index (Phi) is 11.8. The molecule has 2 aliphatic rings. The van der Waals surface area contributed by atoms with E-state index in [0.29, 0.717) is 49.7 Å². The summed E-state index contributed by atoms with van der Waals surface area (Å²) in [5.74, 6) is 3.39. The molecule has 0 radical (unpaired) electrons. The van der Waals surface area contributed by atoms with Crippen LogP contribution in [0.3, 0.4) is 0 Å². The van der Waals surface area contributed by atoms with Crippen LogP contribution in [0.1, 0.15) is 88.9 Å². The number of ether oxygens (including phenoxy) is 3. The third-order valence-corrected chi connectivity index (χ3v) is 9.90. The van der Waals surface area contributed by atoms with Crippen LogP contribution in [0.2, 0.25) is 0 Å². The third kappa shape index (κ3) is 9.85. The standard InChI is InChI=1S/C33H55N5O4S/c1-23(2)21-37(27-12-14-28(40-4)15-13-27)30-16-11-26(24(3)19-31(39)41-5)20-29(30)34-33-35-32(25-9-10-25)36-38(33)22-42-17-18-43(6,7)8/h11,16,20,23-25,27-28H,9-10,12-15,17-19,21-22H2,1-8H3,(H,34,35,36)/t24-,27-,28+/m1/s1. The van der Waals surface area contributed by atoms with Crippen LogP contribution in [-0.2, 0) is 25.7 Å². The summed E-state index contributed by atoms with van der Waals surface area (Å²) in [6, 6.07) is 7.01. The van der Waals surface area contributed by atoms with Crippen molar-refractivity contribution in [2.24, 2.45) is 5.92 Å². The summed E-state index contributed by atoms with van der Waals surface area (Å²) in [7, 11) is 2.64. The molecule has 0 aliphatic heterocycles. The van der Waals surface area contributed by atoms with Gasteiger partial charge in [-0.2, -0.15) is 10.1 Å². The highest BCUT2D eigenvalue weighted by Crippen LogP contribution is 2.41. The fraction of sp³-hybridized carbons (Fsp3) is 0.727. The summed E-state index contributed by atoms with van der Waals surface area (Å²) in [5.41, 5.74) is 3.23. The smallest absolute Gasteiger partial charge is 0.306 e. The average Bonchev–Trinajstić information content (AvgIpc) is 3.75. The number of rotatable bonds is 16. The minimum atomic E-state index is -0.633. The highest BCUT2D eigenvalue weighted by Gasteiger charge is 2.31. The maximum atomic E-state index is 12.1. The summed E-state index contributed by atoms with van der Waals surface area (Å²) in [4.78, 5) is 19.7. The molecule has 1 aromatic heterocycles. The summed E-state index contributed by atoms with van der Waals surface area (Å²) in [5, 5.41) is 8.59. The molecule has 2 fully saturated rings. The minimum absolute atomic E-state index is 0.0147. The van der Waals surface area contributed by atoms with E-state index >= 15 is 0 Å². The Labute approximate surface area is 260 Å². The first-order valence-corrected chi connectivity index (χ1v) is 19.0. The second-order valence-electron chi connectivity index (χ2n) is 13.7. The van der Waals surface area contributed by atoms with E-state index in [4.69, 9.17) is 24.3 Å². The van der Waals surface area contributed by atoms with Crippen molar-refractivity contribution in [3.63, 3.8) is 0 Å². The van der Waals surface area contributed by atoms with Gasteiger partial charge in [0.05, 0.1) is 37.6 Å². The Morgan fingerprint density at radius 1 is 1.09 bits per heavy atom. The van der Waals surface area contributed by atoms with Crippen molar-refractivity contribution < 1.29 is 19.0 Å². The number of methoxy groups -OCH3 is 2. The van der Waals surface area contributed by atoms with Crippen LogP contribution in [0, 0.1) is 5.92 Å². The Bertz CT molecular complexity index is 1180. The first-order valence-electron chi connectivity index (χ1n) is 15.9. The van der Waals surface area contributed by atoms with Gasteiger partial charge in [-0.3, -0.25) is 4.79 Å². The van der Waals surface area contributed by atoms with Gasteiger partial charge in [0.15, 0.2) is 5.82 Å². The number of hydrogen-bond donors (Lipinski definition) is 1. The summed E-state index contributed by atoms with van der Waals surface area (Å²) in [6.45, 7) is 8.65. The molecule has 4 rings (SSSR count). The average molecular weight is 618 g/mol. The van der Waals surface area contributed by atoms with Gasteiger partial charge >= 0.3 is 5.97 Å². The van der Waals surface area contributed by atoms with E-state index < -0.39 is 10.0 Å². The predicted octanol–water partition coefficient (Wildman–Crippen LogP) is 6.65. The molecule has 0 amide bonds. The van der Waals surface area contributed by atoms with Gasteiger partial charge in [-0.05, 0) is 86.8 Å². The second kappa shape index (κ2) is 15.1. The fourth-order valence-electron chi connectivity index (χ4n) is 5.73. The summed E-state index contributed by atoms with van der Waals surface area (Å²) in [6.07, 6.45) is 14.2. The Hall–Kier alpha value is -2.30. The number of carbonyl (C=O) groups excluding carboxylic acids is 1. The second-order valence-corrected chi connectivity index (χ2v) is 18.3. The molecule has 0 bridgehead atoms. The van der Waals surface area contributed by atoms with Crippen LogP contribution in [0.5, 0.6) is 0 Å². The molecule has 10 heteroatoms. The topological polar surface area (TPSA) is 90.7 Å². The summed E-state index contributed by atoms with van der Waals surface area (Å²) < 4.78 is 18.7. The van der Waals surface area contributed by atoms with Crippen LogP contribution in [0.25, 0.3) is 0 Å². The lowest BCUT2D eigenvalue weighted by Crippen LogP contribution is -2.41. The number of nitrogens with one attached hydrogen (secondary N) is 1. The van der Waals surface area contributed by atoms with Crippen molar-refractivity contribution in [1.82, 2.24) is 14.8 Å². The van der Waals surface area contributed by atoms with E-state index in [0.717, 1.165) is 73.6 Å². The lowest BCUT2D eigenvalue weighted by Gasteiger charge is -2.40. The van der Waals surface area contributed by atoms with Gasteiger partial charge in [0.2, 0.25) is 5.95 Å². The maximum absolute atomic E-state index is 12.1. The van der Waals surface area contributed by atoms with Gasteiger partial charge in [-0.25, -0.2) is 14.7 Å². The molecule has 2 aromatic rings. The third-order valence-electron chi connectivity index (χ3n) is 8.51. The Balaban J connectivity index is 1.67. The number of anilines is 3. The molecule has 43 heavy (non-hydrogen) atoms. The predicted molar refractivity (Wildman–Crippen MR) is 178 cm³/mol. The highest BCUT2D eigenvalue weighted by molar-refractivity contribution is 8.32. The zero-order chi connectivity index (χ0) is 31.1. The molecule has 1 heterocycles. The van der Waals surface area contributed by atoms with Gasteiger partial charge in [-0.15, -0.1) is 0 Å². The van der Waals surface area contributed by atoms with E-state index in [1.165, 1.54) is 7.11 Å². The van der Waals surface area contributed by atoms with Crippen molar-refractivity contribution in [3.8, 4) is 0 Å². The van der Waals surface area contributed by atoms with Crippen molar-refractivity contribution in [2.75, 3.05) is 62.1 Å². The largest absolute Gasteiger partial charge is 0.469 e. The van der Waals surface area contributed by atoms with Gasteiger partial charge in [0.1, 0.15) is 6.73 Å². The van der Waals surface area contributed by atoms with Crippen LogP contribution in [0.15, 0.2) is 18.2 Å². The number of nitrogens with zero attached hydrogens (tertiary/aromatic N) is 4. The van der Waals surface area contributed by atoms with Crippen LogP contribution < -0.4 is 10.2 Å². The SMILES string of the molecule is COC(=O)C[C@@H](C)c1ccc(N(CC(C)C)[C@H]2CC[C@@H](OC)CC2)c(Nc2nc(C3CC3)nn2COCCS(C)(C)C)c1. The van der Waals surface area contributed by atoms with E-state index in [2.05, 4.69) is 68.0 Å². The Morgan fingerprint density at radius 3 is 2.42 bits per heavy atom. The van der Waals surface area contributed by atoms with Gasteiger partial charge in [0.25, 0.3) is 0 Å². The zero-order valence-electron chi connectivity index (χ0n) is 27.7. The molecule has 1 aromatic carbocycles. The molecule has 0 spiro atoms. The maximum Gasteiger partial charge on any atom is 0.306 e. The molecule has 2 aliphatic carbocycles. The van der Waals surface area contributed by atoms with E-state index in [1.807, 2.05) is 11.8 Å². The number of hydrogen-bond acceptors (Lipinski definition) is 8. The molecule has 0 saturated heterocycles. The molecule has 0 unspecified atom stereocenters. The summed E-state index contributed by atoms with van der Waals surface area (Å²) >= 11 is 0. The van der Waals surface area contributed by atoms with Gasteiger partial charge in [-0.1, -0.05) is 26.8 Å². The monoisotopic (exact) mass is 617 g/mol. The van der Waals surface area contributed by atoms with E-state index in [9.17, 15) is 4.79 Å². The molecule has 1 N–H and O–H groups in total. The van der Waals surface area contributed by atoms with Gasteiger partial charge < -0.3 is 24.4 Å². The first kappa shape index (κ1) is 33.6. The molecule has 2 saturated carbocycles. The van der Waals surface area contributed by atoms with Crippen molar-refractivity contribution in [1.29, 1.82) is 0 Å². The molecule has 9 nitrogen and oxygen atoms in total. The van der Waals surface area contributed by atoms with E-state index in [1.54, 1.807) is 0 Å². The lowest BCUT2D eigenvalue weighted by molar-refractivity contribution is -0.140. The zero-order valence-corrected chi connectivity index (χ0v) is 28.5. The highest BCUT2D eigenvalue weighted by atomic mass is 32.3. The number of benzene rings is 1. The van der Waals surface area contributed by atoms with Crippen LogP contribution in [0.4, 0.5) is 17.3 Å². The minimum Gasteiger partial charge on any atom is -0.469 e. The van der Waals surface area contributed by atoms with Gasteiger partial charge in [0, 0.05) is 31.4 Å². The van der Waals surface area contributed by atoms with Crippen LogP contribution in [-0.4, -0.2) is 84.8 Å². The van der Waals surface area contributed by atoms with Crippen molar-refractivity contribution >= 4 is 33.3 Å². The normalized spacial score (nSPS) is 20.2. The molecule has 242 valence electrons. The number of esters is 1. The molecule has 1 atom stereocenters. The van der Waals surface area contributed by atoms with E-state index in [-0.39, 0.29) is 11.9 Å². The number of carbonyl (C=O) groups is 1. The molecular formula is C33H55N5O4S. The molecular weight excluding hydrogens is 562 g/mol. The fourth-order valence-corrected chi connectivity index (χ4v) is 6.35. The first-order chi connectivity index (χ1) is 20.5. The number of aromatic nitrogens is 3.